The van der Waals surface area contributed by atoms with Gasteiger partial charge in [0.15, 0.2) is 0 Å². The Morgan fingerprint density at radius 3 is 2.54 bits per heavy atom. The van der Waals surface area contributed by atoms with Gasteiger partial charge in [-0.3, -0.25) is 39.0 Å². The summed E-state index contributed by atoms with van der Waals surface area (Å²) in [5.41, 5.74) is 4.03. The van der Waals surface area contributed by atoms with Crippen molar-refractivity contribution in [1.29, 1.82) is 0 Å². The summed E-state index contributed by atoms with van der Waals surface area (Å²) in [7, 11) is 1.62. The number of imide groups is 2. The highest BCUT2D eigenvalue weighted by atomic mass is 16.5. The number of aromatic amines is 1. The molecule has 4 aromatic rings. The third-order valence-corrected chi connectivity index (χ3v) is 8.51. The average Bonchev–Trinajstić information content (AvgIpc) is 3.65. The van der Waals surface area contributed by atoms with Crippen molar-refractivity contribution >= 4 is 58.2 Å². The first-order chi connectivity index (χ1) is 24.2. The van der Waals surface area contributed by atoms with Crippen molar-refractivity contribution in [2.24, 2.45) is 0 Å². The number of unbranched alkanes of at least 4 members (excludes halogenated alkanes) is 1. The predicted molar refractivity (Wildman–Crippen MR) is 184 cm³/mol. The summed E-state index contributed by atoms with van der Waals surface area (Å²) in [5, 5.41) is 11.6. The molecule has 2 aliphatic rings. The lowest BCUT2D eigenvalue weighted by molar-refractivity contribution is -0.136. The van der Waals surface area contributed by atoms with Crippen LogP contribution in [0.4, 0.5) is 5.69 Å². The molecule has 14 heteroatoms. The van der Waals surface area contributed by atoms with E-state index in [0.717, 1.165) is 38.4 Å². The van der Waals surface area contributed by atoms with Gasteiger partial charge >= 0.3 is 0 Å². The van der Waals surface area contributed by atoms with Crippen LogP contribution in [0.15, 0.2) is 67.0 Å². The van der Waals surface area contributed by atoms with E-state index in [4.69, 9.17) is 4.74 Å². The minimum absolute atomic E-state index is 0.0241. The number of carbonyl (C=O) groups is 6. The van der Waals surface area contributed by atoms with E-state index in [-0.39, 0.29) is 42.3 Å². The summed E-state index contributed by atoms with van der Waals surface area (Å²) in [4.78, 5) is 83.5. The molecule has 2 aromatic carbocycles. The molecular weight excluding hydrogens is 642 g/mol. The Morgan fingerprint density at radius 1 is 1.00 bits per heavy atom. The minimum atomic E-state index is -1.07. The molecule has 5 N–H and O–H groups in total. The third kappa shape index (κ3) is 7.23. The van der Waals surface area contributed by atoms with Gasteiger partial charge in [0.1, 0.15) is 17.4 Å². The topological polar surface area (TPSA) is 192 Å². The van der Waals surface area contributed by atoms with Crippen LogP contribution in [-0.4, -0.2) is 83.1 Å². The summed E-state index contributed by atoms with van der Waals surface area (Å²) in [6.45, 7) is 0.644. The number of pyridine rings is 1. The number of fused-ring (bicyclic) bond motifs is 2. The molecule has 1 saturated heterocycles. The maximum absolute atomic E-state index is 13.2. The highest BCUT2D eigenvalue weighted by Crippen LogP contribution is 2.33. The summed E-state index contributed by atoms with van der Waals surface area (Å²) in [5.74, 6) is -2.21. The Morgan fingerprint density at radius 2 is 1.78 bits per heavy atom. The molecule has 2 aromatic heterocycles. The quantitative estimate of drug-likeness (QED) is 0.0804. The van der Waals surface area contributed by atoms with Crippen LogP contribution < -0.4 is 26.0 Å². The van der Waals surface area contributed by atoms with Crippen molar-refractivity contribution in [3.8, 4) is 16.9 Å². The fraction of sp³-hybridized carbons (Fsp3) is 0.250. The van der Waals surface area contributed by atoms with Gasteiger partial charge in [-0.1, -0.05) is 18.2 Å². The molecular formula is C36H35N7O7. The number of amides is 6. The molecule has 0 saturated carbocycles. The summed E-state index contributed by atoms with van der Waals surface area (Å²) in [6, 6.07) is 13.3. The Labute approximate surface area is 286 Å². The van der Waals surface area contributed by atoms with Crippen molar-refractivity contribution in [1.82, 2.24) is 30.8 Å². The molecule has 0 radical (unpaired) electrons. The zero-order chi connectivity index (χ0) is 35.2. The second-order valence-electron chi connectivity index (χ2n) is 11.8. The molecule has 1 fully saturated rings. The van der Waals surface area contributed by atoms with E-state index in [1.807, 2.05) is 36.5 Å². The van der Waals surface area contributed by atoms with Crippen LogP contribution >= 0.6 is 0 Å². The van der Waals surface area contributed by atoms with Gasteiger partial charge < -0.3 is 25.7 Å². The van der Waals surface area contributed by atoms with Crippen LogP contribution in [0.25, 0.3) is 28.2 Å². The van der Waals surface area contributed by atoms with Crippen molar-refractivity contribution in [3.05, 3.63) is 83.7 Å². The molecule has 0 spiro atoms. The number of benzene rings is 2. The minimum Gasteiger partial charge on any atom is -0.497 e. The number of anilines is 1. The highest BCUT2D eigenvalue weighted by molar-refractivity contribution is 6.25. The van der Waals surface area contributed by atoms with Gasteiger partial charge in [-0.15, -0.1) is 0 Å². The van der Waals surface area contributed by atoms with Crippen LogP contribution in [0, 0.1) is 0 Å². The molecule has 1 unspecified atom stereocenters. The van der Waals surface area contributed by atoms with Crippen molar-refractivity contribution < 1.29 is 33.5 Å². The molecule has 0 aliphatic carbocycles. The van der Waals surface area contributed by atoms with Gasteiger partial charge in [0, 0.05) is 54.6 Å². The lowest BCUT2D eigenvalue weighted by atomic mass is 10.0. The number of nitrogens with one attached hydrogen (secondary N) is 5. The number of hydrogen-bond acceptors (Lipinski definition) is 9. The van der Waals surface area contributed by atoms with Crippen LogP contribution in [0.2, 0.25) is 0 Å². The number of rotatable bonds is 13. The van der Waals surface area contributed by atoms with E-state index in [1.54, 1.807) is 31.5 Å². The van der Waals surface area contributed by atoms with Gasteiger partial charge in [0.05, 0.1) is 24.8 Å². The van der Waals surface area contributed by atoms with Gasteiger partial charge in [-0.25, -0.2) is 4.98 Å². The molecule has 0 bridgehead atoms. The fourth-order valence-corrected chi connectivity index (χ4v) is 5.94. The Bertz CT molecular complexity index is 2020. The molecule has 4 heterocycles. The third-order valence-electron chi connectivity index (χ3n) is 8.51. The van der Waals surface area contributed by atoms with Crippen molar-refractivity contribution in [2.75, 3.05) is 32.1 Å². The smallest absolute Gasteiger partial charge is 0.264 e. The van der Waals surface area contributed by atoms with Crippen LogP contribution in [-0.2, 0) is 19.2 Å². The first-order valence-electron chi connectivity index (χ1n) is 16.2. The van der Waals surface area contributed by atoms with Crippen molar-refractivity contribution in [3.63, 3.8) is 0 Å². The average molecular weight is 678 g/mol. The lowest BCUT2D eigenvalue weighted by Gasteiger charge is -2.27. The van der Waals surface area contributed by atoms with Crippen LogP contribution in [0.3, 0.4) is 0 Å². The summed E-state index contributed by atoms with van der Waals surface area (Å²) in [6.07, 6.45) is 8.08. The molecule has 50 heavy (non-hydrogen) atoms. The second-order valence-corrected chi connectivity index (χ2v) is 11.8. The Hall–Kier alpha value is -6.31. The first-order valence-corrected chi connectivity index (χ1v) is 16.2. The van der Waals surface area contributed by atoms with Crippen LogP contribution in [0.1, 0.15) is 52.0 Å². The number of hydrogen-bond donors (Lipinski definition) is 5. The zero-order valence-electron chi connectivity index (χ0n) is 27.2. The maximum atomic E-state index is 13.2. The Kier molecular flexibility index (Phi) is 9.97. The van der Waals surface area contributed by atoms with E-state index in [0.29, 0.717) is 31.6 Å². The maximum Gasteiger partial charge on any atom is 0.264 e. The van der Waals surface area contributed by atoms with Gasteiger partial charge in [0.2, 0.25) is 23.6 Å². The number of carbonyl (C=O) groups excluding carboxylic acids is 6. The zero-order valence-corrected chi connectivity index (χ0v) is 27.2. The summed E-state index contributed by atoms with van der Waals surface area (Å²) >= 11 is 0. The molecule has 1 atom stereocenters. The number of ether oxygens (including phenoxy) is 1. The SMILES string of the molecule is COc1ccc(-c2c[nH]c3ncc(/C=C/C(=O)NCCCCNC(=O)CNc4cccc5c4C(=O)N(C4CCC(=O)NC4=O)C5=O)cc23)cc1. The first kappa shape index (κ1) is 33.6. The standard InChI is InChI=1S/C36H35N7O7/c1-50-23-10-8-22(9-11-23)26-19-41-33-25(26)17-21(18-40-33)7-13-29(44)37-15-2-3-16-38-31(46)20-39-27-6-4-5-24-32(27)36(49)43(35(24)48)28-12-14-30(45)42-34(28)47/h4-11,13,17-19,28,39H,2-3,12,14-16,20H2,1H3,(H,37,44)(H,38,46)(H,40,41)(H,42,45,47)/b13-7+. The fourth-order valence-electron chi connectivity index (χ4n) is 5.94. The second kappa shape index (κ2) is 14.8. The van der Waals surface area contributed by atoms with E-state index in [9.17, 15) is 28.8 Å². The van der Waals surface area contributed by atoms with Crippen LogP contribution in [0.5, 0.6) is 5.75 Å². The monoisotopic (exact) mass is 677 g/mol. The molecule has 2 aliphatic heterocycles. The Balaban J connectivity index is 0.919. The van der Waals surface area contributed by atoms with E-state index < -0.39 is 29.7 Å². The largest absolute Gasteiger partial charge is 0.497 e. The van der Waals surface area contributed by atoms with Gasteiger partial charge in [-0.2, -0.15) is 0 Å². The lowest BCUT2D eigenvalue weighted by Crippen LogP contribution is -2.54. The molecule has 256 valence electrons. The number of methoxy groups -OCH3 is 1. The van der Waals surface area contributed by atoms with E-state index in [2.05, 4.69) is 31.2 Å². The van der Waals surface area contributed by atoms with E-state index in [1.165, 1.54) is 12.1 Å². The van der Waals surface area contributed by atoms with E-state index >= 15 is 0 Å². The number of aromatic nitrogens is 2. The van der Waals surface area contributed by atoms with Gasteiger partial charge in [0.25, 0.3) is 11.8 Å². The number of nitrogens with zero attached hydrogens (tertiary/aromatic N) is 2. The normalized spacial score (nSPS) is 15.7. The predicted octanol–water partition coefficient (Wildman–Crippen LogP) is 2.78. The number of H-pyrrole nitrogens is 1. The molecule has 6 rings (SSSR count). The molecule has 6 amide bonds. The summed E-state index contributed by atoms with van der Waals surface area (Å²) < 4.78 is 5.25. The molecule has 14 nitrogen and oxygen atoms in total. The highest BCUT2D eigenvalue weighted by Gasteiger charge is 2.45. The van der Waals surface area contributed by atoms with Crippen molar-refractivity contribution in [2.45, 2.75) is 31.7 Å². The number of piperidine rings is 1. The van der Waals surface area contributed by atoms with Gasteiger partial charge in [-0.05, 0) is 66.8 Å².